The first-order valence-electron chi connectivity index (χ1n) is 11.2. The highest BCUT2D eigenvalue weighted by Gasteiger charge is 2.38. The van der Waals surface area contributed by atoms with Gasteiger partial charge in [-0.3, -0.25) is 4.99 Å². The smallest absolute Gasteiger partial charge is 0.193 e. The summed E-state index contributed by atoms with van der Waals surface area (Å²) in [5, 5.41) is 3.59. The van der Waals surface area contributed by atoms with Crippen molar-refractivity contribution in [3.05, 3.63) is 0 Å². The van der Waals surface area contributed by atoms with Gasteiger partial charge in [0.1, 0.15) is 0 Å². The van der Waals surface area contributed by atoms with Gasteiger partial charge in [0.15, 0.2) is 5.96 Å². The lowest BCUT2D eigenvalue weighted by Gasteiger charge is -2.45. The van der Waals surface area contributed by atoms with Crippen molar-refractivity contribution >= 4 is 17.7 Å². The number of guanidine groups is 1. The molecule has 0 aromatic carbocycles. The standard InChI is InChI=1S/C21H41N5S/c1-4-22-20(23-16-19(2)17-25-12-10-24(3)11-13-25)26-14-15-27-21(18-26)8-6-5-7-9-21/h19H,4-18H2,1-3H3,(H,22,23). The lowest BCUT2D eigenvalue weighted by Crippen LogP contribution is -2.53. The Hall–Kier alpha value is -0.460. The summed E-state index contributed by atoms with van der Waals surface area (Å²) in [5.41, 5.74) is 0. The van der Waals surface area contributed by atoms with E-state index in [9.17, 15) is 0 Å². The third-order valence-corrected chi connectivity index (χ3v) is 7.90. The molecule has 2 saturated heterocycles. The number of likely N-dealkylation sites (N-methyl/N-ethyl adjacent to an activating group) is 1. The van der Waals surface area contributed by atoms with E-state index < -0.39 is 0 Å². The third-order valence-electron chi connectivity index (χ3n) is 6.37. The van der Waals surface area contributed by atoms with Crippen molar-refractivity contribution in [2.24, 2.45) is 10.9 Å². The monoisotopic (exact) mass is 395 g/mol. The summed E-state index contributed by atoms with van der Waals surface area (Å²) in [6.07, 6.45) is 7.05. The molecule has 1 saturated carbocycles. The van der Waals surface area contributed by atoms with Gasteiger partial charge in [0.25, 0.3) is 0 Å². The Balaban J connectivity index is 1.53. The van der Waals surface area contributed by atoms with Crippen LogP contribution in [0, 0.1) is 5.92 Å². The fourth-order valence-electron chi connectivity index (χ4n) is 4.72. The van der Waals surface area contributed by atoms with E-state index in [1.54, 1.807) is 0 Å². The Labute approximate surface area is 171 Å². The molecule has 6 heteroatoms. The van der Waals surface area contributed by atoms with E-state index in [1.165, 1.54) is 77.1 Å². The van der Waals surface area contributed by atoms with Crippen molar-refractivity contribution in [3.8, 4) is 0 Å². The molecule has 3 rings (SSSR count). The number of hydrogen-bond donors (Lipinski definition) is 1. The van der Waals surface area contributed by atoms with Crippen LogP contribution in [-0.4, -0.2) is 97.1 Å². The Bertz CT molecular complexity index is 464. The zero-order chi connectivity index (χ0) is 19.1. The SMILES string of the molecule is CCNC(=NCC(C)CN1CCN(C)CC1)N1CCSC2(CCCCC2)C1. The molecule has 156 valence electrons. The minimum atomic E-state index is 0.498. The fourth-order valence-corrected chi connectivity index (χ4v) is 6.29. The fraction of sp³-hybridized carbons (Fsp3) is 0.952. The van der Waals surface area contributed by atoms with Crippen molar-refractivity contribution in [2.75, 3.05) is 71.7 Å². The quantitative estimate of drug-likeness (QED) is 0.572. The Morgan fingerprint density at radius 1 is 1.11 bits per heavy atom. The van der Waals surface area contributed by atoms with E-state index in [0.29, 0.717) is 10.7 Å². The Morgan fingerprint density at radius 2 is 1.85 bits per heavy atom. The van der Waals surface area contributed by atoms with Gasteiger partial charge in [0.2, 0.25) is 0 Å². The molecule has 3 fully saturated rings. The molecule has 27 heavy (non-hydrogen) atoms. The summed E-state index contributed by atoms with van der Waals surface area (Å²) >= 11 is 2.24. The minimum Gasteiger partial charge on any atom is -0.357 e. The maximum Gasteiger partial charge on any atom is 0.193 e. The maximum atomic E-state index is 5.08. The molecular formula is C21H41N5S. The van der Waals surface area contributed by atoms with Crippen LogP contribution >= 0.6 is 11.8 Å². The summed E-state index contributed by atoms with van der Waals surface area (Å²) in [7, 11) is 2.23. The van der Waals surface area contributed by atoms with Crippen LogP contribution in [0.25, 0.3) is 0 Å². The first-order valence-corrected chi connectivity index (χ1v) is 12.2. The molecule has 1 spiro atoms. The molecule has 2 aliphatic heterocycles. The third kappa shape index (κ3) is 6.26. The average Bonchev–Trinajstić information content (AvgIpc) is 2.67. The van der Waals surface area contributed by atoms with Gasteiger partial charge in [-0.25, -0.2) is 0 Å². The van der Waals surface area contributed by atoms with Gasteiger partial charge in [-0.1, -0.05) is 26.2 Å². The van der Waals surface area contributed by atoms with Crippen molar-refractivity contribution in [1.29, 1.82) is 0 Å². The first-order chi connectivity index (χ1) is 13.1. The van der Waals surface area contributed by atoms with Crippen molar-refractivity contribution in [3.63, 3.8) is 0 Å². The lowest BCUT2D eigenvalue weighted by atomic mass is 9.87. The molecule has 0 amide bonds. The Kier molecular flexibility index (Phi) is 8.15. The van der Waals surface area contributed by atoms with Crippen molar-refractivity contribution in [2.45, 2.75) is 50.7 Å². The summed E-state index contributed by atoms with van der Waals surface area (Å²) in [5.74, 6) is 3.03. The predicted octanol–water partition coefficient (Wildman–Crippen LogP) is 2.59. The van der Waals surface area contributed by atoms with Gasteiger partial charge < -0.3 is 20.0 Å². The van der Waals surface area contributed by atoms with E-state index >= 15 is 0 Å². The molecule has 5 nitrogen and oxygen atoms in total. The van der Waals surface area contributed by atoms with Gasteiger partial charge in [-0.05, 0) is 32.7 Å². The maximum absolute atomic E-state index is 5.08. The molecule has 1 aliphatic carbocycles. The normalized spacial score (nSPS) is 26.3. The van der Waals surface area contributed by atoms with Gasteiger partial charge in [0.05, 0.1) is 0 Å². The number of aliphatic imine (C=N–C) groups is 1. The molecule has 3 aliphatic rings. The minimum absolute atomic E-state index is 0.498. The highest BCUT2D eigenvalue weighted by atomic mass is 32.2. The summed E-state index contributed by atoms with van der Waals surface area (Å²) < 4.78 is 0.498. The summed E-state index contributed by atoms with van der Waals surface area (Å²) in [6.45, 7) is 14.8. The highest BCUT2D eigenvalue weighted by Crippen LogP contribution is 2.42. The number of piperazine rings is 1. The zero-order valence-electron chi connectivity index (χ0n) is 17.9. The Morgan fingerprint density at radius 3 is 2.56 bits per heavy atom. The van der Waals surface area contributed by atoms with Gasteiger partial charge in [0, 0.05) is 69.4 Å². The first kappa shape index (κ1) is 21.3. The zero-order valence-corrected chi connectivity index (χ0v) is 18.7. The van der Waals surface area contributed by atoms with Crippen molar-refractivity contribution in [1.82, 2.24) is 20.0 Å². The molecule has 2 heterocycles. The van der Waals surface area contributed by atoms with E-state index in [0.717, 1.165) is 25.6 Å². The number of rotatable bonds is 5. The predicted molar refractivity (Wildman–Crippen MR) is 119 cm³/mol. The number of thioether (sulfide) groups is 1. The van der Waals surface area contributed by atoms with Crippen LogP contribution in [0.1, 0.15) is 46.0 Å². The molecule has 1 unspecified atom stereocenters. The van der Waals surface area contributed by atoms with Crippen LogP contribution in [0.3, 0.4) is 0 Å². The van der Waals surface area contributed by atoms with E-state index in [4.69, 9.17) is 4.99 Å². The van der Waals surface area contributed by atoms with E-state index in [2.05, 4.69) is 52.7 Å². The topological polar surface area (TPSA) is 34.1 Å². The molecule has 0 bridgehead atoms. The van der Waals surface area contributed by atoms with Crippen LogP contribution in [0.4, 0.5) is 0 Å². The number of nitrogens with one attached hydrogen (secondary N) is 1. The summed E-state index contributed by atoms with van der Waals surface area (Å²) in [4.78, 5) is 12.7. The van der Waals surface area contributed by atoms with Gasteiger partial charge in [-0.15, -0.1) is 0 Å². The molecule has 0 aromatic heterocycles. The molecule has 1 atom stereocenters. The molecule has 1 N–H and O–H groups in total. The van der Waals surface area contributed by atoms with Crippen LogP contribution < -0.4 is 5.32 Å². The lowest BCUT2D eigenvalue weighted by molar-refractivity contribution is 0.140. The van der Waals surface area contributed by atoms with Crippen LogP contribution in [0.5, 0.6) is 0 Å². The second-order valence-corrected chi connectivity index (χ2v) is 10.5. The number of hydrogen-bond acceptors (Lipinski definition) is 4. The van der Waals surface area contributed by atoms with Crippen LogP contribution in [0.15, 0.2) is 4.99 Å². The largest absolute Gasteiger partial charge is 0.357 e. The van der Waals surface area contributed by atoms with Gasteiger partial charge >= 0.3 is 0 Å². The van der Waals surface area contributed by atoms with Crippen molar-refractivity contribution < 1.29 is 0 Å². The van der Waals surface area contributed by atoms with Crippen LogP contribution in [-0.2, 0) is 0 Å². The summed E-state index contributed by atoms with van der Waals surface area (Å²) in [6, 6.07) is 0. The molecule has 0 radical (unpaired) electrons. The van der Waals surface area contributed by atoms with E-state index in [-0.39, 0.29) is 0 Å². The second kappa shape index (κ2) is 10.4. The van der Waals surface area contributed by atoms with Crippen LogP contribution in [0.2, 0.25) is 0 Å². The molecular weight excluding hydrogens is 354 g/mol. The molecule has 0 aromatic rings. The van der Waals surface area contributed by atoms with Gasteiger partial charge in [-0.2, -0.15) is 11.8 Å². The average molecular weight is 396 g/mol. The highest BCUT2D eigenvalue weighted by molar-refractivity contribution is 8.00. The number of nitrogens with zero attached hydrogens (tertiary/aromatic N) is 4. The van der Waals surface area contributed by atoms with E-state index in [1.807, 2.05) is 0 Å². The second-order valence-electron chi connectivity index (χ2n) is 8.92.